The van der Waals surface area contributed by atoms with Gasteiger partial charge in [-0.05, 0) is 36.1 Å². The van der Waals surface area contributed by atoms with E-state index in [1.807, 2.05) is 0 Å². The average Bonchev–Trinajstić information content (AvgIpc) is 2.28. The molecule has 0 radical (unpaired) electrons. The van der Waals surface area contributed by atoms with Gasteiger partial charge in [0.15, 0.2) is 0 Å². The van der Waals surface area contributed by atoms with Gasteiger partial charge in [-0.15, -0.1) is 0 Å². The monoisotopic (exact) mass is 248 g/mol. The molecule has 2 rings (SSSR count). The highest BCUT2D eigenvalue weighted by Crippen LogP contribution is 2.32. The van der Waals surface area contributed by atoms with Gasteiger partial charge < -0.3 is 15.4 Å². The minimum atomic E-state index is 0.478. The molecule has 1 aliphatic heterocycles. The first-order valence-corrected chi connectivity index (χ1v) is 6.75. The van der Waals surface area contributed by atoms with E-state index >= 15 is 0 Å². The van der Waals surface area contributed by atoms with Crippen molar-refractivity contribution in [2.45, 2.75) is 26.7 Å². The Bertz CT molecular complexity index is 411. The molecule has 0 spiro atoms. The Hall–Kier alpha value is -1.22. The Kier molecular flexibility index (Phi) is 4.12. The van der Waals surface area contributed by atoms with Gasteiger partial charge in [0, 0.05) is 31.2 Å². The van der Waals surface area contributed by atoms with Crippen LogP contribution in [0.2, 0.25) is 0 Å². The lowest BCUT2D eigenvalue weighted by molar-refractivity contribution is 0.365. The average molecular weight is 248 g/mol. The quantitative estimate of drug-likeness (QED) is 0.840. The number of hydrogen-bond donors (Lipinski definition) is 2. The van der Waals surface area contributed by atoms with Crippen LogP contribution in [0.15, 0.2) is 12.1 Å². The number of ether oxygens (including phenoxy) is 1. The molecular weight excluding hydrogens is 224 g/mol. The first-order chi connectivity index (χ1) is 8.61. The van der Waals surface area contributed by atoms with Gasteiger partial charge in [-0.25, -0.2) is 0 Å². The number of rotatable bonds is 5. The SMILES string of the molecule is COc1cc(C)c(NCC2CNC2)cc1C(C)C. The molecule has 3 heteroatoms. The van der Waals surface area contributed by atoms with Gasteiger partial charge in [-0.3, -0.25) is 0 Å². The summed E-state index contributed by atoms with van der Waals surface area (Å²) >= 11 is 0. The first-order valence-electron chi connectivity index (χ1n) is 6.75. The molecule has 1 heterocycles. The fourth-order valence-electron chi connectivity index (χ4n) is 2.26. The van der Waals surface area contributed by atoms with Crippen molar-refractivity contribution in [1.29, 1.82) is 0 Å². The highest BCUT2D eigenvalue weighted by molar-refractivity contribution is 5.58. The van der Waals surface area contributed by atoms with E-state index in [9.17, 15) is 0 Å². The number of nitrogens with one attached hydrogen (secondary N) is 2. The maximum atomic E-state index is 5.46. The number of hydrogen-bond acceptors (Lipinski definition) is 3. The second-order valence-corrected chi connectivity index (χ2v) is 5.47. The van der Waals surface area contributed by atoms with Crippen LogP contribution in [0.1, 0.15) is 30.9 Å². The summed E-state index contributed by atoms with van der Waals surface area (Å²) in [6.45, 7) is 9.86. The van der Waals surface area contributed by atoms with Crippen LogP contribution in [0, 0.1) is 12.8 Å². The normalized spacial score (nSPS) is 15.6. The van der Waals surface area contributed by atoms with Gasteiger partial charge in [0.2, 0.25) is 0 Å². The molecule has 0 atom stereocenters. The van der Waals surface area contributed by atoms with Crippen LogP contribution >= 0.6 is 0 Å². The Labute approximate surface area is 110 Å². The molecule has 1 aromatic rings. The van der Waals surface area contributed by atoms with Crippen LogP contribution in [-0.4, -0.2) is 26.7 Å². The Morgan fingerprint density at radius 1 is 1.39 bits per heavy atom. The molecule has 1 aromatic carbocycles. The third kappa shape index (κ3) is 2.78. The Balaban J connectivity index is 2.15. The predicted octanol–water partition coefficient (Wildman–Crippen LogP) is 2.76. The summed E-state index contributed by atoms with van der Waals surface area (Å²) in [6, 6.07) is 4.38. The Morgan fingerprint density at radius 3 is 2.61 bits per heavy atom. The van der Waals surface area contributed by atoms with Crippen molar-refractivity contribution >= 4 is 5.69 Å². The second kappa shape index (κ2) is 5.61. The zero-order chi connectivity index (χ0) is 13.1. The van der Waals surface area contributed by atoms with Crippen molar-refractivity contribution in [2.75, 3.05) is 32.1 Å². The molecule has 100 valence electrons. The molecule has 0 aromatic heterocycles. The number of aryl methyl sites for hydroxylation is 1. The van der Waals surface area contributed by atoms with Crippen LogP contribution in [0.3, 0.4) is 0 Å². The summed E-state index contributed by atoms with van der Waals surface area (Å²) in [5.74, 6) is 2.25. The van der Waals surface area contributed by atoms with E-state index < -0.39 is 0 Å². The molecule has 1 saturated heterocycles. The predicted molar refractivity (Wildman–Crippen MR) is 76.7 cm³/mol. The molecule has 1 aliphatic rings. The summed E-state index contributed by atoms with van der Waals surface area (Å²) < 4.78 is 5.46. The topological polar surface area (TPSA) is 33.3 Å². The molecule has 1 fully saturated rings. The zero-order valence-corrected chi connectivity index (χ0v) is 11.8. The van der Waals surface area contributed by atoms with E-state index in [-0.39, 0.29) is 0 Å². The third-order valence-electron chi connectivity index (χ3n) is 3.65. The van der Waals surface area contributed by atoms with Gasteiger partial charge in [0.05, 0.1) is 7.11 Å². The van der Waals surface area contributed by atoms with Crippen molar-refractivity contribution in [3.63, 3.8) is 0 Å². The van der Waals surface area contributed by atoms with Crippen molar-refractivity contribution < 1.29 is 4.74 Å². The number of methoxy groups -OCH3 is 1. The fourth-order valence-corrected chi connectivity index (χ4v) is 2.26. The molecule has 0 bridgehead atoms. The second-order valence-electron chi connectivity index (χ2n) is 5.47. The van der Waals surface area contributed by atoms with Gasteiger partial charge >= 0.3 is 0 Å². The van der Waals surface area contributed by atoms with E-state index in [2.05, 4.69) is 43.5 Å². The van der Waals surface area contributed by atoms with E-state index in [4.69, 9.17) is 4.74 Å². The van der Waals surface area contributed by atoms with E-state index in [1.165, 1.54) is 16.8 Å². The minimum absolute atomic E-state index is 0.478. The van der Waals surface area contributed by atoms with E-state index in [0.717, 1.165) is 31.3 Å². The van der Waals surface area contributed by atoms with Crippen molar-refractivity contribution in [1.82, 2.24) is 5.32 Å². The van der Waals surface area contributed by atoms with Crippen LogP contribution in [0.5, 0.6) is 5.75 Å². The van der Waals surface area contributed by atoms with Crippen LogP contribution in [-0.2, 0) is 0 Å². The van der Waals surface area contributed by atoms with E-state index in [0.29, 0.717) is 5.92 Å². The third-order valence-corrected chi connectivity index (χ3v) is 3.65. The molecule has 2 N–H and O–H groups in total. The maximum Gasteiger partial charge on any atom is 0.122 e. The summed E-state index contributed by atoms with van der Waals surface area (Å²) in [4.78, 5) is 0. The standard InChI is InChI=1S/C15H24N2O/c1-10(2)13-6-14(11(3)5-15(13)18-4)17-9-12-7-16-8-12/h5-6,10,12,16-17H,7-9H2,1-4H3. The summed E-state index contributed by atoms with van der Waals surface area (Å²) in [7, 11) is 1.74. The number of benzene rings is 1. The van der Waals surface area contributed by atoms with Gasteiger partial charge in [-0.1, -0.05) is 13.8 Å². The van der Waals surface area contributed by atoms with Crippen molar-refractivity contribution in [3.05, 3.63) is 23.3 Å². The smallest absolute Gasteiger partial charge is 0.122 e. The number of anilines is 1. The molecule has 0 unspecified atom stereocenters. The fraction of sp³-hybridized carbons (Fsp3) is 0.600. The first kappa shape index (κ1) is 13.2. The molecule has 18 heavy (non-hydrogen) atoms. The minimum Gasteiger partial charge on any atom is -0.496 e. The van der Waals surface area contributed by atoms with Gasteiger partial charge in [0.1, 0.15) is 5.75 Å². The van der Waals surface area contributed by atoms with Crippen molar-refractivity contribution in [2.24, 2.45) is 5.92 Å². The van der Waals surface area contributed by atoms with Gasteiger partial charge in [-0.2, -0.15) is 0 Å². The van der Waals surface area contributed by atoms with E-state index in [1.54, 1.807) is 7.11 Å². The molecule has 3 nitrogen and oxygen atoms in total. The van der Waals surface area contributed by atoms with Crippen LogP contribution in [0.25, 0.3) is 0 Å². The highest BCUT2D eigenvalue weighted by Gasteiger charge is 2.17. The largest absolute Gasteiger partial charge is 0.496 e. The summed E-state index contributed by atoms with van der Waals surface area (Å²) in [5, 5.41) is 6.87. The Morgan fingerprint density at radius 2 is 2.11 bits per heavy atom. The van der Waals surface area contributed by atoms with Gasteiger partial charge in [0.25, 0.3) is 0 Å². The van der Waals surface area contributed by atoms with Crippen LogP contribution < -0.4 is 15.4 Å². The summed E-state index contributed by atoms with van der Waals surface area (Å²) in [6.07, 6.45) is 0. The van der Waals surface area contributed by atoms with Crippen LogP contribution in [0.4, 0.5) is 5.69 Å². The molecular formula is C15H24N2O. The highest BCUT2D eigenvalue weighted by atomic mass is 16.5. The molecule has 0 aliphatic carbocycles. The summed E-state index contributed by atoms with van der Waals surface area (Å²) in [5.41, 5.74) is 3.77. The molecule has 0 amide bonds. The lowest BCUT2D eigenvalue weighted by Gasteiger charge is -2.28. The lowest BCUT2D eigenvalue weighted by Crippen LogP contribution is -2.45. The maximum absolute atomic E-state index is 5.46. The molecule has 0 saturated carbocycles. The zero-order valence-electron chi connectivity index (χ0n) is 11.8. The van der Waals surface area contributed by atoms with Crippen molar-refractivity contribution in [3.8, 4) is 5.75 Å². The lowest BCUT2D eigenvalue weighted by atomic mass is 9.98.